The molecular weight excluding hydrogens is 194 g/mol. The van der Waals surface area contributed by atoms with Crippen molar-refractivity contribution in [3.63, 3.8) is 0 Å². The van der Waals surface area contributed by atoms with Gasteiger partial charge in [-0.25, -0.2) is 4.99 Å². The second kappa shape index (κ2) is 4.97. The Morgan fingerprint density at radius 2 is 1.73 bits per heavy atom. The number of nitrogens with two attached hydrogens (primary N) is 3. The second-order valence-electron chi connectivity index (χ2n) is 2.83. The van der Waals surface area contributed by atoms with Gasteiger partial charge in [-0.3, -0.25) is 0 Å². The van der Waals surface area contributed by atoms with Gasteiger partial charge in [-0.1, -0.05) is 12.1 Å². The van der Waals surface area contributed by atoms with Gasteiger partial charge in [-0.2, -0.15) is 4.99 Å². The summed E-state index contributed by atoms with van der Waals surface area (Å²) in [6.07, 6.45) is 0. The van der Waals surface area contributed by atoms with Gasteiger partial charge in [-0.15, -0.1) is 0 Å². The molecule has 0 amide bonds. The van der Waals surface area contributed by atoms with E-state index in [1.165, 1.54) is 0 Å². The maximum absolute atomic E-state index is 8.81. The predicted octanol–water partition coefficient (Wildman–Crippen LogP) is -0.601. The first kappa shape index (κ1) is 11.0. The SMILES string of the molecule is NC(N)=NC(N)=Nc1ccc(CO)cc1. The lowest BCUT2D eigenvalue weighted by molar-refractivity contribution is 0.282. The number of hydrogen-bond donors (Lipinski definition) is 4. The van der Waals surface area contributed by atoms with Crippen LogP contribution in [0.2, 0.25) is 0 Å². The molecule has 0 heterocycles. The molecule has 0 spiro atoms. The molecule has 80 valence electrons. The third-order valence-corrected chi connectivity index (χ3v) is 1.61. The van der Waals surface area contributed by atoms with Gasteiger partial charge in [0.1, 0.15) is 0 Å². The van der Waals surface area contributed by atoms with Gasteiger partial charge in [0.25, 0.3) is 0 Å². The number of hydrogen-bond acceptors (Lipinski definition) is 2. The Morgan fingerprint density at radius 1 is 1.13 bits per heavy atom. The molecule has 0 aliphatic carbocycles. The first-order chi connectivity index (χ1) is 7.11. The highest BCUT2D eigenvalue weighted by molar-refractivity contribution is 5.93. The van der Waals surface area contributed by atoms with E-state index < -0.39 is 0 Å². The highest BCUT2D eigenvalue weighted by Gasteiger charge is 1.93. The number of aliphatic hydroxyl groups is 1. The van der Waals surface area contributed by atoms with Crippen molar-refractivity contribution in [2.75, 3.05) is 0 Å². The fourth-order valence-corrected chi connectivity index (χ4v) is 0.965. The highest BCUT2D eigenvalue weighted by Crippen LogP contribution is 2.12. The fraction of sp³-hybridized carbons (Fsp3) is 0.111. The Balaban J connectivity index is 2.84. The van der Waals surface area contributed by atoms with Crippen molar-refractivity contribution in [1.82, 2.24) is 0 Å². The average Bonchev–Trinajstić information content (AvgIpc) is 2.17. The summed E-state index contributed by atoms with van der Waals surface area (Å²) in [7, 11) is 0. The Bertz CT molecular complexity index is 378. The molecule has 0 atom stereocenters. The lowest BCUT2D eigenvalue weighted by Gasteiger charge is -1.97. The second-order valence-corrected chi connectivity index (χ2v) is 2.83. The number of benzene rings is 1. The van der Waals surface area contributed by atoms with Crippen LogP contribution in [0.3, 0.4) is 0 Å². The van der Waals surface area contributed by atoms with Gasteiger partial charge >= 0.3 is 0 Å². The molecule has 0 radical (unpaired) electrons. The van der Waals surface area contributed by atoms with Crippen LogP contribution in [-0.4, -0.2) is 17.0 Å². The molecule has 0 unspecified atom stereocenters. The Morgan fingerprint density at radius 3 is 2.20 bits per heavy atom. The van der Waals surface area contributed by atoms with Crippen LogP contribution in [-0.2, 0) is 6.61 Å². The van der Waals surface area contributed by atoms with Crippen LogP contribution in [0.1, 0.15) is 5.56 Å². The fourth-order valence-electron chi connectivity index (χ4n) is 0.965. The van der Waals surface area contributed by atoms with Gasteiger partial charge in [0.05, 0.1) is 12.3 Å². The Labute approximate surface area is 87.1 Å². The lowest BCUT2D eigenvalue weighted by Crippen LogP contribution is -2.26. The van der Waals surface area contributed by atoms with Crippen molar-refractivity contribution in [3.05, 3.63) is 29.8 Å². The molecule has 0 saturated heterocycles. The summed E-state index contributed by atoms with van der Waals surface area (Å²) in [5.74, 6) is -0.144. The number of aliphatic hydroxyl groups excluding tert-OH is 1. The van der Waals surface area contributed by atoms with E-state index in [4.69, 9.17) is 22.3 Å². The summed E-state index contributed by atoms with van der Waals surface area (Å²) < 4.78 is 0. The molecule has 0 fully saturated rings. The number of rotatable bonds is 2. The maximum Gasteiger partial charge on any atom is 0.223 e. The zero-order valence-corrected chi connectivity index (χ0v) is 8.09. The minimum atomic E-state index is -0.136. The minimum Gasteiger partial charge on any atom is -0.392 e. The van der Waals surface area contributed by atoms with Crippen molar-refractivity contribution >= 4 is 17.6 Å². The topological polar surface area (TPSA) is 123 Å². The van der Waals surface area contributed by atoms with Crippen LogP contribution in [0.15, 0.2) is 34.3 Å². The summed E-state index contributed by atoms with van der Waals surface area (Å²) in [5.41, 5.74) is 17.1. The molecule has 1 aromatic carbocycles. The van der Waals surface area contributed by atoms with Crippen molar-refractivity contribution in [1.29, 1.82) is 0 Å². The molecule has 0 aliphatic rings. The van der Waals surface area contributed by atoms with Gasteiger partial charge in [-0.05, 0) is 17.7 Å². The lowest BCUT2D eigenvalue weighted by atomic mass is 10.2. The highest BCUT2D eigenvalue weighted by atomic mass is 16.3. The number of nitrogens with zero attached hydrogens (tertiary/aromatic N) is 2. The number of aliphatic imine (C=N–C) groups is 2. The van der Waals surface area contributed by atoms with Gasteiger partial charge in [0, 0.05) is 0 Å². The van der Waals surface area contributed by atoms with E-state index in [-0.39, 0.29) is 18.5 Å². The summed E-state index contributed by atoms with van der Waals surface area (Å²) in [4.78, 5) is 7.51. The van der Waals surface area contributed by atoms with E-state index in [1.807, 2.05) is 0 Å². The molecule has 0 saturated carbocycles. The number of guanidine groups is 2. The standard InChI is InChI=1S/C9H13N5O/c10-8(11)14-9(12)13-7-3-1-6(5-15)2-4-7/h1-4,15H,5H2,(H6,10,11,12,13,14). The molecule has 6 heteroatoms. The van der Waals surface area contributed by atoms with E-state index >= 15 is 0 Å². The molecule has 1 aromatic rings. The predicted molar refractivity (Wildman–Crippen MR) is 59.5 cm³/mol. The van der Waals surface area contributed by atoms with E-state index in [0.29, 0.717) is 5.69 Å². The van der Waals surface area contributed by atoms with E-state index in [9.17, 15) is 0 Å². The summed E-state index contributed by atoms with van der Waals surface area (Å²) in [5, 5.41) is 8.81. The van der Waals surface area contributed by atoms with Crippen molar-refractivity contribution < 1.29 is 5.11 Å². The van der Waals surface area contributed by atoms with Crippen molar-refractivity contribution in [3.8, 4) is 0 Å². The quantitative estimate of drug-likeness (QED) is 0.382. The van der Waals surface area contributed by atoms with Crippen LogP contribution < -0.4 is 17.2 Å². The third-order valence-electron chi connectivity index (χ3n) is 1.61. The largest absolute Gasteiger partial charge is 0.392 e. The molecule has 0 aromatic heterocycles. The normalized spacial score (nSPS) is 11.1. The van der Waals surface area contributed by atoms with Crippen LogP contribution in [0.4, 0.5) is 5.69 Å². The van der Waals surface area contributed by atoms with Crippen molar-refractivity contribution in [2.45, 2.75) is 6.61 Å². The maximum atomic E-state index is 8.81. The van der Waals surface area contributed by atoms with E-state index in [1.54, 1.807) is 24.3 Å². The molecule has 1 rings (SSSR count). The molecule has 6 nitrogen and oxygen atoms in total. The van der Waals surface area contributed by atoms with Gasteiger partial charge in [0.15, 0.2) is 5.96 Å². The zero-order valence-electron chi connectivity index (χ0n) is 8.09. The summed E-state index contributed by atoms with van der Waals surface area (Å²) in [6.45, 7) is -0.00657. The molecular formula is C9H13N5O. The summed E-state index contributed by atoms with van der Waals surface area (Å²) in [6, 6.07) is 6.89. The average molecular weight is 207 g/mol. The van der Waals surface area contributed by atoms with Gasteiger partial charge < -0.3 is 22.3 Å². The Hall–Kier alpha value is -2.08. The first-order valence-electron chi connectivity index (χ1n) is 4.25. The molecule has 0 bridgehead atoms. The van der Waals surface area contributed by atoms with Crippen molar-refractivity contribution in [2.24, 2.45) is 27.2 Å². The molecule has 0 aliphatic heterocycles. The Kier molecular flexibility index (Phi) is 3.64. The van der Waals surface area contributed by atoms with Gasteiger partial charge in [0.2, 0.25) is 5.96 Å². The monoisotopic (exact) mass is 207 g/mol. The molecule has 15 heavy (non-hydrogen) atoms. The van der Waals surface area contributed by atoms with E-state index in [0.717, 1.165) is 5.56 Å². The first-order valence-corrected chi connectivity index (χ1v) is 4.25. The van der Waals surface area contributed by atoms with Crippen LogP contribution in [0.25, 0.3) is 0 Å². The van der Waals surface area contributed by atoms with E-state index in [2.05, 4.69) is 9.98 Å². The smallest absolute Gasteiger partial charge is 0.223 e. The minimum absolute atomic E-state index is 0.00657. The third kappa shape index (κ3) is 3.65. The van der Waals surface area contributed by atoms with Crippen LogP contribution in [0, 0.1) is 0 Å². The van der Waals surface area contributed by atoms with Crippen LogP contribution in [0.5, 0.6) is 0 Å². The molecule has 7 N–H and O–H groups in total. The van der Waals surface area contributed by atoms with Crippen LogP contribution >= 0.6 is 0 Å². The zero-order chi connectivity index (χ0) is 11.3. The summed E-state index contributed by atoms with van der Waals surface area (Å²) >= 11 is 0.